The van der Waals surface area contributed by atoms with Crippen LogP contribution in [0.2, 0.25) is 0 Å². The number of hydrogen-bond donors (Lipinski definition) is 2. The number of nitrogens with one attached hydrogen (secondary N) is 2. The molecule has 188 valence electrons. The minimum atomic E-state index is -0.168. The molecule has 2 aliphatic rings. The molecule has 2 N–H and O–H groups in total. The number of hydrogen-bond acceptors (Lipinski definition) is 5. The van der Waals surface area contributed by atoms with Crippen molar-refractivity contribution >= 4 is 39.7 Å². The molecule has 0 saturated carbocycles. The van der Waals surface area contributed by atoms with E-state index >= 15 is 0 Å². The Hall–Kier alpha value is -4.58. The highest BCUT2D eigenvalue weighted by atomic mass is 16.1. The van der Waals surface area contributed by atoms with Crippen LogP contribution in [0.5, 0.6) is 0 Å². The SMILES string of the molecule is O=C(Cc1cccc(C2=NCCN2)c1)c1ccc2cc(C(=O)Nc3cccc(C4=NCCC4)c3)ccc2c1. The van der Waals surface area contributed by atoms with Crippen LogP contribution in [0, 0.1) is 0 Å². The molecular formula is C32H28N4O2. The predicted octanol–water partition coefficient (Wildman–Crippen LogP) is 5.45. The highest BCUT2D eigenvalue weighted by molar-refractivity contribution is 6.08. The van der Waals surface area contributed by atoms with E-state index in [0.29, 0.717) is 17.5 Å². The third-order valence-electron chi connectivity index (χ3n) is 6.99. The smallest absolute Gasteiger partial charge is 0.255 e. The Balaban J connectivity index is 1.16. The monoisotopic (exact) mass is 500 g/mol. The largest absolute Gasteiger partial charge is 0.368 e. The zero-order valence-electron chi connectivity index (χ0n) is 21.0. The zero-order chi connectivity index (χ0) is 25.9. The summed E-state index contributed by atoms with van der Waals surface area (Å²) in [7, 11) is 0. The summed E-state index contributed by atoms with van der Waals surface area (Å²) >= 11 is 0. The molecule has 0 aromatic heterocycles. The van der Waals surface area contributed by atoms with Gasteiger partial charge in [-0.15, -0.1) is 0 Å². The van der Waals surface area contributed by atoms with Crippen molar-refractivity contribution in [2.24, 2.45) is 9.98 Å². The third-order valence-corrected chi connectivity index (χ3v) is 6.99. The Morgan fingerprint density at radius 1 is 0.789 bits per heavy atom. The maximum absolute atomic E-state index is 13.1. The van der Waals surface area contributed by atoms with Crippen molar-refractivity contribution in [3.05, 3.63) is 113 Å². The Bertz CT molecular complexity index is 1500. The summed E-state index contributed by atoms with van der Waals surface area (Å²) in [5.41, 5.74) is 6.11. The maximum atomic E-state index is 13.1. The Kier molecular flexibility index (Phi) is 6.53. The van der Waals surface area contributed by atoms with Gasteiger partial charge in [-0.05, 0) is 71.1 Å². The molecule has 0 radical (unpaired) electrons. The lowest BCUT2D eigenvalue weighted by Gasteiger charge is -2.09. The van der Waals surface area contributed by atoms with E-state index in [1.165, 1.54) is 0 Å². The summed E-state index contributed by atoms with van der Waals surface area (Å²) in [5.74, 6) is 0.776. The molecule has 0 fully saturated rings. The van der Waals surface area contributed by atoms with Crippen LogP contribution in [0.25, 0.3) is 10.8 Å². The summed E-state index contributed by atoms with van der Waals surface area (Å²) < 4.78 is 0. The second-order valence-corrected chi connectivity index (χ2v) is 9.70. The molecule has 4 aromatic rings. The number of amides is 1. The fraction of sp³-hybridized carbons (Fsp3) is 0.188. The van der Waals surface area contributed by atoms with Crippen molar-refractivity contribution in [1.29, 1.82) is 0 Å². The number of Topliss-reactive ketones (excluding diaryl/α,β-unsaturated/α-hetero) is 1. The molecule has 0 spiro atoms. The summed E-state index contributed by atoms with van der Waals surface area (Å²) in [6, 6.07) is 27.0. The van der Waals surface area contributed by atoms with Crippen molar-refractivity contribution in [2.75, 3.05) is 25.0 Å². The number of carbonyl (C=O) groups is 2. The van der Waals surface area contributed by atoms with Crippen molar-refractivity contribution in [1.82, 2.24) is 5.32 Å². The number of amidine groups is 1. The van der Waals surface area contributed by atoms with Gasteiger partial charge >= 0.3 is 0 Å². The van der Waals surface area contributed by atoms with Gasteiger partial charge in [0.2, 0.25) is 0 Å². The van der Waals surface area contributed by atoms with Gasteiger partial charge in [-0.2, -0.15) is 0 Å². The van der Waals surface area contributed by atoms with Gasteiger partial charge in [0, 0.05) is 47.6 Å². The first-order chi connectivity index (χ1) is 18.6. The lowest BCUT2D eigenvalue weighted by molar-refractivity contribution is 0.0991. The van der Waals surface area contributed by atoms with E-state index in [9.17, 15) is 9.59 Å². The third kappa shape index (κ3) is 5.11. The summed E-state index contributed by atoms with van der Waals surface area (Å²) in [4.78, 5) is 35.1. The number of benzene rings is 4. The minimum Gasteiger partial charge on any atom is -0.368 e. The van der Waals surface area contributed by atoms with Crippen LogP contribution < -0.4 is 10.6 Å². The van der Waals surface area contributed by atoms with Crippen molar-refractivity contribution in [3.8, 4) is 0 Å². The number of ketones is 1. The summed E-state index contributed by atoms with van der Waals surface area (Å²) in [6.45, 7) is 2.50. The number of carbonyl (C=O) groups excluding carboxylic acids is 2. The molecule has 6 nitrogen and oxygen atoms in total. The Morgan fingerprint density at radius 3 is 2.37 bits per heavy atom. The number of aliphatic imine (C=N–C) groups is 2. The van der Waals surface area contributed by atoms with Crippen LogP contribution >= 0.6 is 0 Å². The predicted molar refractivity (Wildman–Crippen MR) is 153 cm³/mol. The topological polar surface area (TPSA) is 82.9 Å². The van der Waals surface area contributed by atoms with Crippen LogP contribution in [0.1, 0.15) is 50.2 Å². The first kappa shape index (κ1) is 23.8. The van der Waals surface area contributed by atoms with Crippen molar-refractivity contribution < 1.29 is 9.59 Å². The van der Waals surface area contributed by atoms with Gasteiger partial charge in [0.1, 0.15) is 5.84 Å². The fourth-order valence-electron chi connectivity index (χ4n) is 5.02. The van der Waals surface area contributed by atoms with Crippen LogP contribution in [0.15, 0.2) is 94.9 Å². The first-order valence-corrected chi connectivity index (χ1v) is 13.0. The minimum absolute atomic E-state index is 0.0546. The van der Waals surface area contributed by atoms with Crippen LogP contribution in [0.3, 0.4) is 0 Å². The van der Waals surface area contributed by atoms with Crippen molar-refractivity contribution in [3.63, 3.8) is 0 Å². The number of rotatable bonds is 7. The molecule has 0 unspecified atom stereocenters. The van der Waals surface area contributed by atoms with Crippen molar-refractivity contribution in [2.45, 2.75) is 19.3 Å². The molecule has 2 aliphatic heterocycles. The second kappa shape index (κ2) is 10.4. The average molecular weight is 501 g/mol. The van der Waals surface area contributed by atoms with Gasteiger partial charge < -0.3 is 10.6 Å². The molecule has 0 saturated heterocycles. The molecule has 6 rings (SSSR count). The van der Waals surface area contributed by atoms with Gasteiger partial charge in [-0.3, -0.25) is 19.6 Å². The van der Waals surface area contributed by atoms with E-state index in [4.69, 9.17) is 0 Å². The zero-order valence-corrected chi connectivity index (χ0v) is 21.0. The molecule has 0 aliphatic carbocycles. The summed E-state index contributed by atoms with van der Waals surface area (Å²) in [6.07, 6.45) is 2.38. The molecule has 2 heterocycles. The van der Waals surface area contributed by atoms with Crippen LogP contribution in [-0.2, 0) is 6.42 Å². The average Bonchev–Trinajstić information content (AvgIpc) is 3.68. The van der Waals surface area contributed by atoms with E-state index in [1.807, 2.05) is 78.9 Å². The van der Waals surface area contributed by atoms with Crippen LogP contribution in [-0.4, -0.2) is 42.9 Å². The van der Waals surface area contributed by atoms with E-state index in [-0.39, 0.29) is 11.7 Å². The van der Waals surface area contributed by atoms with Gasteiger partial charge in [0.05, 0.1) is 6.54 Å². The Labute approximate surface area is 221 Å². The number of fused-ring (bicyclic) bond motifs is 1. The quantitative estimate of drug-likeness (QED) is 0.331. The molecule has 1 amide bonds. The maximum Gasteiger partial charge on any atom is 0.255 e. The van der Waals surface area contributed by atoms with Gasteiger partial charge in [0.15, 0.2) is 5.78 Å². The molecule has 6 heteroatoms. The normalized spacial score (nSPS) is 14.6. The number of nitrogens with zero attached hydrogens (tertiary/aromatic N) is 2. The highest BCUT2D eigenvalue weighted by Gasteiger charge is 2.14. The van der Waals surface area contributed by atoms with E-state index in [2.05, 4.69) is 20.6 Å². The van der Waals surface area contributed by atoms with E-state index in [1.54, 1.807) is 6.07 Å². The van der Waals surface area contributed by atoms with E-state index < -0.39 is 0 Å². The molecule has 4 aromatic carbocycles. The van der Waals surface area contributed by atoms with Gasteiger partial charge in [0.25, 0.3) is 5.91 Å². The lowest BCUT2D eigenvalue weighted by Crippen LogP contribution is -2.19. The number of anilines is 1. The lowest BCUT2D eigenvalue weighted by atomic mass is 9.98. The van der Waals surface area contributed by atoms with Gasteiger partial charge in [-0.25, -0.2) is 0 Å². The molecule has 38 heavy (non-hydrogen) atoms. The molecule has 0 bridgehead atoms. The molecule has 0 atom stereocenters. The fourth-order valence-corrected chi connectivity index (χ4v) is 5.02. The highest BCUT2D eigenvalue weighted by Crippen LogP contribution is 2.22. The van der Waals surface area contributed by atoms with Crippen LogP contribution in [0.4, 0.5) is 5.69 Å². The standard InChI is InChI=1S/C32H28N4O2/c37-30(17-21-4-1-6-26(16-21)31-34-14-15-35-31)25-11-9-23-19-27(12-10-22(23)18-25)32(38)36-28-7-2-5-24(20-28)29-8-3-13-33-29/h1-2,4-7,9-12,16,18-20H,3,8,13-15,17H2,(H,34,35)(H,36,38). The molecular weight excluding hydrogens is 472 g/mol. The van der Waals surface area contributed by atoms with Gasteiger partial charge in [-0.1, -0.05) is 48.5 Å². The van der Waals surface area contributed by atoms with E-state index in [0.717, 1.165) is 77.2 Å². The second-order valence-electron chi connectivity index (χ2n) is 9.70. The first-order valence-electron chi connectivity index (χ1n) is 13.0. The Morgan fingerprint density at radius 2 is 1.58 bits per heavy atom. The summed E-state index contributed by atoms with van der Waals surface area (Å²) in [5, 5.41) is 8.12.